The normalized spacial score (nSPS) is 21.5. The lowest BCUT2D eigenvalue weighted by Crippen LogP contribution is -2.43. The highest BCUT2D eigenvalue weighted by Gasteiger charge is 2.43. The number of fused-ring (bicyclic) bond motifs is 1. The van der Waals surface area contributed by atoms with Crippen molar-refractivity contribution in [1.82, 2.24) is 5.32 Å². The van der Waals surface area contributed by atoms with Gasteiger partial charge < -0.3 is 14.8 Å². The average molecular weight is 275 g/mol. The van der Waals surface area contributed by atoms with Gasteiger partial charge in [0.15, 0.2) is 0 Å². The minimum atomic E-state index is -0.0723. The van der Waals surface area contributed by atoms with Crippen LogP contribution < -0.4 is 10.1 Å². The lowest BCUT2D eigenvalue weighted by molar-refractivity contribution is -0.0369. The fourth-order valence-electron chi connectivity index (χ4n) is 3.84. The predicted octanol–water partition coefficient (Wildman–Crippen LogP) is 3.23. The molecule has 3 heteroatoms. The number of nitrogens with one attached hydrogen (secondary N) is 1. The molecule has 2 aliphatic rings. The lowest BCUT2D eigenvalue weighted by atomic mass is 9.85. The van der Waals surface area contributed by atoms with Gasteiger partial charge >= 0.3 is 0 Å². The number of likely N-dealkylation sites (N-methyl/N-ethyl adjacent to an activating group) is 1. The molecule has 3 nitrogen and oxygen atoms in total. The first kappa shape index (κ1) is 13.9. The Morgan fingerprint density at radius 2 is 2.15 bits per heavy atom. The molecule has 1 atom stereocenters. The zero-order valence-corrected chi connectivity index (χ0v) is 12.6. The first-order valence-electron chi connectivity index (χ1n) is 7.84. The number of benzene rings is 1. The third kappa shape index (κ3) is 2.23. The topological polar surface area (TPSA) is 30.5 Å². The molecular formula is C17H25NO2. The summed E-state index contributed by atoms with van der Waals surface area (Å²) in [7, 11) is 1.86. The van der Waals surface area contributed by atoms with Crippen molar-refractivity contribution in [2.45, 2.75) is 50.7 Å². The Bertz CT molecular complexity index is 466. The van der Waals surface area contributed by atoms with Gasteiger partial charge in [-0.25, -0.2) is 0 Å². The van der Waals surface area contributed by atoms with E-state index in [0.29, 0.717) is 0 Å². The van der Waals surface area contributed by atoms with Crippen LogP contribution in [0.1, 0.15) is 49.8 Å². The van der Waals surface area contributed by atoms with E-state index in [9.17, 15) is 0 Å². The molecule has 1 aliphatic heterocycles. The Balaban J connectivity index is 2.01. The van der Waals surface area contributed by atoms with E-state index < -0.39 is 0 Å². The van der Waals surface area contributed by atoms with Crippen molar-refractivity contribution in [3.63, 3.8) is 0 Å². The molecule has 1 saturated carbocycles. The Labute approximate surface area is 121 Å². The van der Waals surface area contributed by atoms with Crippen molar-refractivity contribution in [2.75, 3.05) is 20.3 Å². The smallest absolute Gasteiger partial charge is 0.127 e. The molecule has 1 heterocycles. The number of ether oxygens (including phenoxy) is 2. The van der Waals surface area contributed by atoms with Gasteiger partial charge in [-0.15, -0.1) is 0 Å². The van der Waals surface area contributed by atoms with E-state index >= 15 is 0 Å². The molecular weight excluding hydrogens is 250 g/mol. The molecule has 20 heavy (non-hydrogen) atoms. The van der Waals surface area contributed by atoms with Gasteiger partial charge in [-0.2, -0.15) is 0 Å². The molecule has 1 aromatic rings. The van der Waals surface area contributed by atoms with Crippen LogP contribution in [0, 0.1) is 0 Å². The van der Waals surface area contributed by atoms with Crippen LogP contribution in [0.3, 0.4) is 0 Å². The summed E-state index contributed by atoms with van der Waals surface area (Å²) in [5.41, 5.74) is 2.55. The third-order valence-electron chi connectivity index (χ3n) is 4.85. The molecule has 0 bridgehead atoms. The highest BCUT2D eigenvalue weighted by Crippen LogP contribution is 2.46. The van der Waals surface area contributed by atoms with Gasteiger partial charge in [0.25, 0.3) is 0 Å². The van der Waals surface area contributed by atoms with Gasteiger partial charge in [-0.3, -0.25) is 0 Å². The highest BCUT2D eigenvalue weighted by atomic mass is 16.5. The van der Waals surface area contributed by atoms with Crippen molar-refractivity contribution in [3.8, 4) is 5.75 Å². The van der Waals surface area contributed by atoms with Gasteiger partial charge in [-0.05, 0) is 24.9 Å². The van der Waals surface area contributed by atoms with Gasteiger partial charge in [0.1, 0.15) is 5.75 Å². The largest absolute Gasteiger partial charge is 0.493 e. The molecule has 3 rings (SSSR count). The second kappa shape index (κ2) is 5.74. The summed E-state index contributed by atoms with van der Waals surface area (Å²) in [5.74, 6) is 1.10. The van der Waals surface area contributed by atoms with Crippen molar-refractivity contribution < 1.29 is 9.47 Å². The average Bonchev–Trinajstić information content (AvgIpc) is 3.13. The van der Waals surface area contributed by atoms with Gasteiger partial charge in [0, 0.05) is 19.1 Å². The molecule has 1 N–H and O–H groups in total. The SMILES string of the molecule is CCNC(c1cccc2c1OCC2)C1(OC)CCCC1. The molecule has 0 aromatic heterocycles. The maximum atomic E-state index is 6.01. The van der Waals surface area contributed by atoms with Crippen LogP contribution in [-0.2, 0) is 11.2 Å². The number of para-hydroxylation sites is 1. The van der Waals surface area contributed by atoms with Crippen LogP contribution in [0.5, 0.6) is 5.75 Å². The second-order valence-corrected chi connectivity index (χ2v) is 5.90. The van der Waals surface area contributed by atoms with Gasteiger partial charge in [-0.1, -0.05) is 38.0 Å². The standard InChI is InChI=1S/C17H25NO2/c1-3-18-16(17(19-2)10-4-5-11-17)14-8-6-7-13-9-12-20-15(13)14/h6-8,16,18H,3-5,9-12H2,1-2H3. The molecule has 0 spiro atoms. The molecule has 1 unspecified atom stereocenters. The zero-order chi connectivity index (χ0) is 14.0. The number of rotatable bonds is 5. The Hall–Kier alpha value is -1.06. The Morgan fingerprint density at radius 3 is 2.85 bits per heavy atom. The van der Waals surface area contributed by atoms with E-state index in [1.54, 1.807) is 0 Å². The van der Waals surface area contributed by atoms with E-state index in [4.69, 9.17) is 9.47 Å². The van der Waals surface area contributed by atoms with Crippen LogP contribution in [-0.4, -0.2) is 25.9 Å². The monoisotopic (exact) mass is 275 g/mol. The maximum Gasteiger partial charge on any atom is 0.127 e. The van der Waals surface area contributed by atoms with Crippen molar-refractivity contribution in [3.05, 3.63) is 29.3 Å². The molecule has 0 radical (unpaired) electrons. The predicted molar refractivity (Wildman–Crippen MR) is 80.3 cm³/mol. The van der Waals surface area contributed by atoms with E-state index in [0.717, 1.165) is 38.2 Å². The third-order valence-corrected chi connectivity index (χ3v) is 4.85. The van der Waals surface area contributed by atoms with Crippen LogP contribution in [0.25, 0.3) is 0 Å². The van der Waals surface area contributed by atoms with Crippen LogP contribution in [0.15, 0.2) is 18.2 Å². The van der Waals surface area contributed by atoms with Gasteiger partial charge in [0.2, 0.25) is 0 Å². The summed E-state index contributed by atoms with van der Waals surface area (Å²) in [4.78, 5) is 0. The first-order chi connectivity index (χ1) is 9.80. The summed E-state index contributed by atoms with van der Waals surface area (Å²) in [6, 6.07) is 6.78. The van der Waals surface area contributed by atoms with Crippen LogP contribution in [0.4, 0.5) is 0 Å². The molecule has 1 aromatic carbocycles. The summed E-state index contributed by atoms with van der Waals surface area (Å²) in [6.45, 7) is 3.92. The van der Waals surface area contributed by atoms with E-state index in [1.807, 2.05) is 7.11 Å². The van der Waals surface area contributed by atoms with E-state index in [1.165, 1.54) is 24.0 Å². The van der Waals surface area contributed by atoms with Crippen LogP contribution in [0.2, 0.25) is 0 Å². The summed E-state index contributed by atoms with van der Waals surface area (Å²) < 4.78 is 11.9. The molecule has 110 valence electrons. The number of hydrogen-bond acceptors (Lipinski definition) is 3. The summed E-state index contributed by atoms with van der Waals surface area (Å²) in [5, 5.41) is 3.66. The number of methoxy groups -OCH3 is 1. The Morgan fingerprint density at radius 1 is 1.35 bits per heavy atom. The molecule has 1 aliphatic carbocycles. The lowest BCUT2D eigenvalue weighted by Gasteiger charge is -2.37. The van der Waals surface area contributed by atoms with Crippen molar-refractivity contribution in [1.29, 1.82) is 0 Å². The van der Waals surface area contributed by atoms with Crippen molar-refractivity contribution >= 4 is 0 Å². The minimum absolute atomic E-state index is 0.0723. The van der Waals surface area contributed by atoms with Crippen molar-refractivity contribution in [2.24, 2.45) is 0 Å². The number of hydrogen-bond donors (Lipinski definition) is 1. The molecule has 0 saturated heterocycles. The summed E-state index contributed by atoms with van der Waals surface area (Å²) in [6.07, 6.45) is 5.80. The zero-order valence-electron chi connectivity index (χ0n) is 12.6. The Kier molecular flexibility index (Phi) is 3.99. The fraction of sp³-hybridized carbons (Fsp3) is 0.647. The molecule has 1 fully saturated rings. The summed E-state index contributed by atoms with van der Waals surface area (Å²) >= 11 is 0. The van der Waals surface area contributed by atoms with E-state index in [-0.39, 0.29) is 11.6 Å². The van der Waals surface area contributed by atoms with Crippen LogP contribution >= 0.6 is 0 Å². The second-order valence-electron chi connectivity index (χ2n) is 5.90. The molecule has 0 amide bonds. The maximum absolute atomic E-state index is 6.01. The first-order valence-corrected chi connectivity index (χ1v) is 7.84. The quantitative estimate of drug-likeness (QED) is 0.895. The van der Waals surface area contributed by atoms with Gasteiger partial charge in [0.05, 0.1) is 18.2 Å². The minimum Gasteiger partial charge on any atom is -0.493 e. The highest BCUT2D eigenvalue weighted by molar-refractivity contribution is 5.46. The fourth-order valence-corrected chi connectivity index (χ4v) is 3.84. The van der Waals surface area contributed by atoms with E-state index in [2.05, 4.69) is 30.4 Å².